The van der Waals surface area contributed by atoms with Crippen molar-refractivity contribution >= 4 is 37.8 Å². The van der Waals surface area contributed by atoms with Crippen LogP contribution < -0.4 is 0 Å². The largest absolute Gasteiger partial charge is 0.480 e. The highest BCUT2D eigenvalue weighted by molar-refractivity contribution is 9.11. The minimum absolute atomic E-state index is 0.0119. The van der Waals surface area contributed by atoms with E-state index in [4.69, 9.17) is 5.11 Å². The summed E-state index contributed by atoms with van der Waals surface area (Å²) >= 11 is 6.79. The summed E-state index contributed by atoms with van der Waals surface area (Å²) in [6.45, 7) is 2.01. The first kappa shape index (κ1) is 16.6. The van der Waals surface area contributed by atoms with E-state index in [-0.39, 0.29) is 6.54 Å². The van der Waals surface area contributed by atoms with Crippen molar-refractivity contribution in [2.75, 3.05) is 33.7 Å². The number of nitrogens with zero attached hydrogens (tertiary/aromatic N) is 3. The highest BCUT2D eigenvalue weighted by atomic mass is 79.9. The van der Waals surface area contributed by atoms with E-state index in [2.05, 4.69) is 36.8 Å². The van der Waals surface area contributed by atoms with Crippen LogP contribution in [0.15, 0.2) is 21.2 Å². The molecule has 5 nitrogen and oxygen atoms in total. The fourth-order valence-electron chi connectivity index (χ4n) is 1.52. The number of carbonyl (C=O) groups is 1. The van der Waals surface area contributed by atoms with Crippen LogP contribution in [0.5, 0.6) is 0 Å². The zero-order chi connectivity index (χ0) is 14.4. The first-order chi connectivity index (χ1) is 8.88. The standard InChI is InChI=1S/C12H17Br2N3O2/c1-16(2)3-4-17(8-12(18)19)7-11-10(14)5-9(13)6-15-11/h5-6H,3-4,7-8H2,1-2H3,(H,18,19). The van der Waals surface area contributed by atoms with Crippen LogP contribution in [0, 0.1) is 0 Å². The number of carboxylic acids is 1. The number of rotatable bonds is 7. The highest BCUT2D eigenvalue weighted by Crippen LogP contribution is 2.20. The Morgan fingerprint density at radius 1 is 1.37 bits per heavy atom. The predicted octanol–water partition coefficient (Wildman–Crippen LogP) is 2.05. The maximum Gasteiger partial charge on any atom is 0.317 e. The Morgan fingerprint density at radius 2 is 2.05 bits per heavy atom. The molecule has 0 aromatic carbocycles. The Bertz CT molecular complexity index is 441. The van der Waals surface area contributed by atoms with Gasteiger partial charge < -0.3 is 10.0 Å². The molecule has 1 aromatic heterocycles. The van der Waals surface area contributed by atoms with Crippen LogP contribution in [-0.2, 0) is 11.3 Å². The van der Waals surface area contributed by atoms with Gasteiger partial charge in [-0.1, -0.05) is 0 Å². The average molecular weight is 395 g/mol. The Labute approximate surface area is 129 Å². The molecule has 0 radical (unpaired) electrons. The van der Waals surface area contributed by atoms with Gasteiger partial charge in [-0.25, -0.2) is 0 Å². The van der Waals surface area contributed by atoms with Crippen LogP contribution in [0.3, 0.4) is 0 Å². The summed E-state index contributed by atoms with van der Waals surface area (Å²) in [5.74, 6) is -0.827. The SMILES string of the molecule is CN(C)CCN(CC(=O)O)Cc1ncc(Br)cc1Br. The lowest BCUT2D eigenvalue weighted by atomic mass is 10.3. The topological polar surface area (TPSA) is 56.7 Å². The van der Waals surface area contributed by atoms with Gasteiger partial charge in [0, 0.05) is 34.8 Å². The molecule has 0 atom stereocenters. The number of hydrogen-bond donors (Lipinski definition) is 1. The van der Waals surface area contributed by atoms with Crippen LogP contribution in [0.4, 0.5) is 0 Å². The fourth-order valence-corrected chi connectivity index (χ4v) is 2.63. The van der Waals surface area contributed by atoms with Gasteiger partial charge >= 0.3 is 5.97 Å². The zero-order valence-corrected chi connectivity index (χ0v) is 14.1. The third-order valence-electron chi connectivity index (χ3n) is 2.48. The number of halogens is 2. The smallest absolute Gasteiger partial charge is 0.317 e. The molecule has 106 valence electrons. The van der Waals surface area contributed by atoms with E-state index in [0.29, 0.717) is 13.1 Å². The predicted molar refractivity (Wildman–Crippen MR) is 81.1 cm³/mol. The summed E-state index contributed by atoms with van der Waals surface area (Å²) < 4.78 is 1.77. The summed E-state index contributed by atoms with van der Waals surface area (Å²) in [7, 11) is 3.93. The molecule has 1 N–H and O–H groups in total. The quantitative estimate of drug-likeness (QED) is 0.766. The van der Waals surface area contributed by atoms with Crippen LogP contribution in [-0.4, -0.2) is 59.6 Å². The molecule has 1 heterocycles. The van der Waals surface area contributed by atoms with Gasteiger partial charge in [-0.15, -0.1) is 0 Å². The van der Waals surface area contributed by atoms with E-state index in [9.17, 15) is 4.79 Å². The van der Waals surface area contributed by atoms with E-state index in [1.165, 1.54) is 0 Å². The summed E-state index contributed by atoms with van der Waals surface area (Å²) in [6, 6.07) is 1.91. The lowest BCUT2D eigenvalue weighted by molar-refractivity contribution is -0.138. The summed E-state index contributed by atoms with van der Waals surface area (Å²) in [5.41, 5.74) is 0.836. The van der Waals surface area contributed by atoms with Crippen LogP contribution in [0.1, 0.15) is 5.69 Å². The number of aliphatic carboxylic acids is 1. The van der Waals surface area contributed by atoms with E-state index in [1.807, 2.05) is 30.0 Å². The molecule has 7 heteroatoms. The number of pyridine rings is 1. The van der Waals surface area contributed by atoms with Crippen LogP contribution >= 0.6 is 31.9 Å². The van der Waals surface area contributed by atoms with E-state index in [0.717, 1.165) is 21.2 Å². The van der Waals surface area contributed by atoms with E-state index in [1.54, 1.807) is 6.20 Å². The van der Waals surface area contributed by atoms with Crippen molar-refractivity contribution in [2.45, 2.75) is 6.54 Å². The van der Waals surface area contributed by atoms with E-state index < -0.39 is 5.97 Å². The third kappa shape index (κ3) is 6.47. The van der Waals surface area contributed by atoms with Crippen molar-refractivity contribution in [3.05, 3.63) is 26.9 Å². The highest BCUT2D eigenvalue weighted by Gasteiger charge is 2.13. The Kier molecular flexibility index (Phi) is 6.92. The van der Waals surface area contributed by atoms with Gasteiger partial charge in [-0.05, 0) is 52.0 Å². The van der Waals surface area contributed by atoms with Crippen molar-refractivity contribution in [3.8, 4) is 0 Å². The van der Waals surface area contributed by atoms with Gasteiger partial charge in [0.05, 0.1) is 12.2 Å². The average Bonchev–Trinajstić information content (AvgIpc) is 2.28. The molecule has 0 aliphatic heterocycles. The molecule has 0 saturated carbocycles. The molecular weight excluding hydrogens is 378 g/mol. The second kappa shape index (κ2) is 7.94. The van der Waals surface area contributed by atoms with Gasteiger partial charge in [0.1, 0.15) is 0 Å². The van der Waals surface area contributed by atoms with Gasteiger partial charge in [-0.3, -0.25) is 14.7 Å². The molecule has 1 rings (SSSR count). The van der Waals surface area contributed by atoms with Gasteiger partial charge in [0.2, 0.25) is 0 Å². The van der Waals surface area contributed by atoms with Gasteiger partial charge in [0.15, 0.2) is 0 Å². The van der Waals surface area contributed by atoms with Crippen molar-refractivity contribution < 1.29 is 9.90 Å². The normalized spacial score (nSPS) is 11.3. The van der Waals surface area contributed by atoms with Gasteiger partial charge in [-0.2, -0.15) is 0 Å². The Hall–Kier alpha value is -0.500. The molecule has 0 fully saturated rings. The number of aromatic nitrogens is 1. The van der Waals surface area contributed by atoms with Crippen LogP contribution in [0.2, 0.25) is 0 Å². The molecule has 0 amide bonds. The maximum atomic E-state index is 10.9. The second-order valence-electron chi connectivity index (χ2n) is 4.49. The first-order valence-corrected chi connectivity index (χ1v) is 7.36. The van der Waals surface area contributed by atoms with Crippen LogP contribution in [0.25, 0.3) is 0 Å². The summed E-state index contributed by atoms with van der Waals surface area (Å²) in [5, 5.41) is 8.95. The third-order valence-corrected chi connectivity index (χ3v) is 3.60. The molecule has 0 unspecified atom stereocenters. The molecule has 0 aliphatic rings. The molecule has 1 aromatic rings. The first-order valence-electron chi connectivity index (χ1n) is 5.77. The molecule has 19 heavy (non-hydrogen) atoms. The molecular formula is C12H17Br2N3O2. The van der Waals surface area contributed by atoms with Gasteiger partial charge in [0.25, 0.3) is 0 Å². The maximum absolute atomic E-state index is 10.9. The zero-order valence-electron chi connectivity index (χ0n) is 10.9. The van der Waals surface area contributed by atoms with Crippen molar-refractivity contribution in [3.63, 3.8) is 0 Å². The number of hydrogen-bond acceptors (Lipinski definition) is 4. The Morgan fingerprint density at radius 3 is 2.58 bits per heavy atom. The lowest BCUT2D eigenvalue weighted by Gasteiger charge is -2.22. The number of likely N-dealkylation sites (N-methyl/N-ethyl adjacent to an activating group) is 1. The minimum Gasteiger partial charge on any atom is -0.480 e. The summed E-state index contributed by atoms with van der Waals surface area (Å²) in [4.78, 5) is 19.1. The summed E-state index contributed by atoms with van der Waals surface area (Å²) in [6.07, 6.45) is 1.71. The fraction of sp³-hybridized carbons (Fsp3) is 0.500. The lowest BCUT2D eigenvalue weighted by Crippen LogP contribution is -2.35. The monoisotopic (exact) mass is 393 g/mol. The Balaban J connectivity index is 2.72. The molecule has 0 aliphatic carbocycles. The molecule has 0 saturated heterocycles. The van der Waals surface area contributed by atoms with Crippen molar-refractivity contribution in [1.82, 2.24) is 14.8 Å². The van der Waals surface area contributed by atoms with E-state index >= 15 is 0 Å². The molecule has 0 spiro atoms. The molecule has 0 bridgehead atoms. The number of carboxylic acid groups (broad SMARTS) is 1. The minimum atomic E-state index is -0.827. The van der Waals surface area contributed by atoms with Crippen molar-refractivity contribution in [2.24, 2.45) is 0 Å². The second-order valence-corrected chi connectivity index (χ2v) is 6.26. The van der Waals surface area contributed by atoms with Crippen molar-refractivity contribution in [1.29, 1.82) is 0 Å².